The summed E-state index contributed by atoms with van der Waals surface area (Å²) in [5.41, 5.74) is 2.68. The minimum atomic E-state index is -0.271. The van der Waals surface area contributed by atoms with E-state index in [4.69, 9.17) is 0 Å². The molecule has 0 bridgehead atoms. The number of nitrogens with zero attached hydrogens (tertiary/aromatic N) is 3. The van der Waals surface area contributed by atoms with Crippen LogP contribution in [-0.2, 0) is 6.54 Å². The molecule has 2 amide bonds. The Hall–Kier alpha value is -3.74. The van der Waals surface area contributed by atoms with Gasteiger partial charge in [-0.25, -0.2) is 4.39 Å². The lowest BCUT2D eigenvalue weighted by Gasteiger charge is -2.28. The van der Waals surface area contributed by atoms with Crippen LogP contribution < -0.4 is 0 Å². The van der Waals surface area contributed by atoms with Gasteiger partial charge in [0, 0.05) is 54.4 Å². The second-order valence-electron chi connectivity index (χ2n) is 8.61. The summed E-state index contributed by atoms with van der Waals surface area (Å²) < 4.78 is 15.7. The number of fused-ring (bicyclic) bond motifs is 2. The maximum atomic E-state index is 13.8. The number of amides is 2. The fourth-order valence-corrected chi connectivity index (χ4v) is 4.70. The van der Waals surface area contributed by atoms with Crippen LogP contribution in [0.15, 0.2) is 66.6 Å². The molecule has 1 aromatic heterocycles. The van der Waals surface area contributed by atoms with Crippen molar-refractivity contribution in [2.24, 2.45) is 0 Å². The van der Waals surface area contributed by atoms with E-state index in [2.05, 4.69) is 0 Å². The molecule has 6 nitrogen and oxygen atoms in total. The Morgan fingerprint density at radius 3 is 2.48 bits per heavy atom. The number of carbonyl (C=O) groups is 3. The Morgan fingerprint density at radius 2 is 1.73 bits per heavy atom. The summed E-state index contributed by atoms with van der Waals surface area (Å²) in [4.78, 5) is 41.2. The molecule has 0 radical (unpaired) electrons. The number of carbonyl (C=O) groups excluding carboxylic acids is 3. The topological polar surface area (TPSA) is 62.6 Å². The van der Waals surface area contributed by atoms with Gasteiger partial charge in [0.1, 0.15) is 0 Å². The average molecular weight is 445 g/mol. The monoisotopic (exact) mass is 445 g/mol. The van der Waals surface area contributed by atoms with E-state index in [0.29, 0.717) is 28.6 Å². The Bertz CT molecular complexity index is 1290. The number of Topliss-reactive ketones (excluding diaryl/α,β-unsaturated/α-hetero) is 1. The van der Waals surface area contributed by atoms with Gasteiger partial charge >= 0.3 is 0 Å². The normalized spacial score (nSPS) is 16.6. The fraction of sp³-hybridized carbons (Fsp3) is 0.269. The van der Waals surface area contributed by atoms with E-state index in [0.717, 1.165) is 36.8 Å². The van der Waals surface area contributed by atoms with Crippen molar-refractivity contribution >= 4 is 28.5 Å². The van der Waals surface area contributed by atoms with Crippen molar-refractivity contribution in [1.82, 2.24) is 14.4 Å². The predicted molar refractivity (Wildman–Crippen MR) is 123 cm³/mol. The predicted octanol–water partition coefficient (Wildman–Crippen LogP) is 4.07. The zero-order valence-corrected chi connectivity index (χ0v) is 18.2. The number of benzene rings is 2. The zero-order chi connectivity index (χ0) is 22.9. The van der Waals surface area contributed by atoms with Crippen molar-refractivity contribution in [3.05, 3.63) is 83.3 Å². The molecule has 0 atom stereocenters. The molecule has 0 saturated carbocycles. The van der Waals surface area contributed by atoms with Gasteiger partial charge in [-0.05, 0) is 48.7 Å². The second kappa shape index (κ2) is 8.65. The summed E-state index contributed by atoms with van der Waals surface area (Å²) in [5, 5.41) is 0.899. The largest absolute Gasteiger partial charge is 0.343 e. The van der Waals surface area contributed by atoms with E-state index < -0.39 is 0 Å². The molecule has 0 N–H and O–H groups in total. The summed E-state index contributed by atoms with van der Waals surface area (Å²) in [6.45, 7) is 1.79. The first-order valence-corrected chi connectivity index (χ1v) is 11.1. The first-order chi connectivity index (χ1) is 16.0. The van der Waals surface area contributed by atoms with Crippen molar-refractivity contribution in [3.8, 4) is 0 Å². The molecule has 0 unspecified atom stereocenters. The van der Waals surface area contributed by atoms with Crippen molar-refractivity contribution < 1.29 is 18.8 Å². The SMILES string of the molecule is O=C1CN(C/C(=C\F)Cn2ccc3cc(C(=O)N4CCCC4)ccc32)C(=O)c2ccccc21. The van der Waals surface area contributed by atoms with Gasteiger partial charge in [0.25, 0.3) is 11.8 Å². The molecule has 0 spiro atoms. The number of hydrogen-bond acceptors (Lipinski definition) is 3. The molecule has 3 heterocycles. The van der Waals surface area contributed by atoms with Crippen LogP contribution in [0.5, 0.6) is 0 Å². The second-order valence-corrected chi connectivity index (χ2v) is 8.61. The van der Waals surface area contributed by atoms with E-state index >= 15 is 0 Å². The molecule has 1 saturated heterocycles. The lowest BCUT2D eigenvalue weighted by atomic mass is 9.97. The maximum Gasteiger partial charge on any atom is 0.255 e. The van der Waals surface area contributed by atoms with Crippen LogP contribution in [0.3, 0.4) is 0 Å². The summed E-state index contributed by atoms with van der Waals surface area (Å²) in [7, 11) is 0. The Labute approximate surface area is 190 Å². The van der Waals surface area contributed by atoms with Crippen LogP contribution in [0.25, 0.3) is 10.9 Å². The van der Waals surface area contributed by atoms with E-state index in [1.165, 1.54) is 4.90 Å². The van der Waals surface area contributed by atoms with Crippen LogP contribution in [0.1, 0.15) is 43.9 Å². The van der Waals surface area contributed by atoms with E-state index in [1.54, 1.807) is 24.3 Å². The molecule has 2 aromatic carbocycles. The van der Waals surface area contributed by atoms with Crippen molar-refractivity contribution in [2.45, 2.75) is 19.4 Å². The molecule has 33 heavy (non-hydrogen) atoms. The smallest absolute Gasteiger partial charge is 0.255 e. The molecule has 2 aliphatic heterocycles. The van der Waals surface area contributed by atoms with Crippen molar-refractivity contribution in [1.29, 1.82) is 0 Å². The molecule has 5 rings (SSSR count). The fourth-order valence-electron chi connectivity index (χ4n) is 4.70. The number of halogens is 1. The molecule has 0 aliphatic carbocycles. The van der Waals surface area contributed by atoms with Crippen LogP contribution in [0, 0.1) is 0 Å². The maximum absolute atomic E-state index is 13.8. The minimum absolute atomic E-state index is 0.0284. The minimum Gasteiger partial charge on any atom is -0.343 e. The highest BCUT2D eigenvalue weighted by atomic mass is 19.1. The summed E-state index contributed by atoms with van der Waals surface area (Å²) in [6.07, 6.45) is 4.44. The lowest BCUT2D eigenvalue weighted by molar-refractivity contribution is 0.0693. The third-order valence-corrected chi connectivity index (χ3v) is 6.41. The van der Waals surface area contributed by atoms with Crippen LogP contribution >= 0.6 is 0 Å². The molecule has 7 heteroatoms. The summed E-state index contributed by atoms with van der Waals surface area (Å²) in [5.74, 6) is -0.378. The third-order valence-electron chi connectivity index (χ3n) is 6.41. The molecular weight excluding hydrogens is 421 g/mol. The molecule has 1 fully saturated rings. The summed E-state index contributed by atoms with van der Waals surface area (Å²) >= 11 is 0. The van der Waals surface area contributed by atoms with Crippen molar-refractivity contribution in [2.75, 3.05) is 26.2 Å². The Morgan fingerprint density at radius 1 is 0.970 bits per heavy atom. The van der Waals surface area contributed by atoms with Gasteiger partial charge < -0.3 is 14.4 Å². The molecular formula is C26H24FN3O3. The first kappa shape index (κ1) is 21.1. The van der Waals surface area contributed by atoms with E-state index in [1.807, 2.05) is 39.9 Å². The number of aromatic nitrogens is 1. The van der Waals surface area contributed by atoms with Gasteiger partial charge in [0.2, 0.25) is 0 Å². The number of hydrogen-bond donors (Lipinski definition) is 0. The van der Waals surface area contributed by atoms with Crippen LogP contribution in [0.4, 0.5) is 4.39 Å². The highest BCUT2D eigenvalue weighted by Gasteiger charge is 2.30. The zero-order valence-electron chi connectivity index (χ0n) is 18.2. The molecule has 168 valence electrons. The van der Waals surface area contributed by atoms with Gasteiger partial charge in [-0.2, -0.15) is 0 Å². The standard InChI is InChI=1S/C26H24FN3O3/c27-14-18(16-30-17-24(31)21-5-1-2-6-22(21)26(30)33)15-29-12-9-19-13-20(7-8-23(19)29)25(32)28-10-3-4-11-28/h1-2,5-9,12-14H,3-4,10-11,15-17H2/b18-14-. The number of likely N-dealkylation sites (tertiary alicyclic amines) is 1. The highest BCUT2D eigenvalue weighted by molar-refractivity contribution is 6.13. The first-order valence-electron chi connectivity index (χ1n) is 11.1. The lowest BCUT2D eigenvalue weighted by Crippen LogP contribution is -2.42. The van der Waals surface area contributed by atoms with Crippen molar-refractivity contribution in [3.63, 3.8) is 0 Å². The summed E-state index contributed by atoms with van der Waals surface area (Å²) in [6, 6.07) is 14.2. The van der Waals surface area contributed by atoms with Crippen LogP contribution in [-0.4, -0.2) is 58.1 Å². The van der Waals surface area contributed by atoms with Gasteiger partial charge in [0.15, 0.2) is 5.78 Å². The van der Waals surface area contributed by atoms with Gasteiger partial charge in [-0.15, -0.1) is 0 Å². The quantitative estimate of drug-likeness (QED) is 0.595. The average Bonchev–Trinajstić information content (AvgIpc) is 3.51. The van der Waals surface area contributed by atoms with Gasteiger partial charge in [-0.1, -0.05) is 18.2 Å². The van der Waals surface area contributed by atoms with Gasteiger partial charge in [0.05, 0.1) is 18.4 Å². The van der Waals surface area contributed by atoms with E-state index in [9.17, 15) is 18.8 Å². The molecule has 2 aliphatic rings. The Kier molecular flexibility index (Phi) is 5.54. The molecule has 3 aromatic rings. The van der Waals surface area contributed by atoms with Crippen LogP contribution in [0.2, 0.25) is 0 Å². The number of ketones is 1. The highest BCUT2D eigenvalue weighted by Crippen LogP contribution is 2.23. The third kappa shape index (κ3) is 3.95. The number of rotatable bonds is 5. The Balaban J connectivity index is 1.33. The van der Waals surface area contributed by atoms with E-state index in [-0.39, 0.29) is 37.2 Å². The van der Waals surface area contributed by atoms with Gasteiger partial charge in [-0.3, -0.25) is 14.4 Å².